The van der Waals surface area contributed by atoms with E-state index < -0.39 is 23.3 Å². The molecule has 0 spiro atoms. The third-order valence-electron chi connectivity index (χ3n) is 7.25. The summed E-state index contributed by atoms with van der Waals surface area (Å²) >= 11 is -2.18. The van der Waals surface area contributed by atoms with Crippen LogP contribution in [0, 0.1) is 6.92 Å². The molecule has 13 heteroatoms. The van der Waals surface area contributed by atoms with E-state index in [-0.39, 0.29) is 28.0 Å². The average molecular weight is 605 g/mol. The zero-order chi connectivity index (χ0) is 30.0. The van der Waals surface area contributed by atoms with Crippen molar-refractivity contribution in [2.45, 2.75) is 36.9 Å². The number of halogens is 2. The van der Waals surface area contributed by atoms with Crippen LogP contribution in [0.15, 0.2) is 76.2 Å². The Morgan fingerprint density at radius 2 is 1.77 bits per heavy atom. The van der Waals surface area contributed by atoms with Crippen molar-refractivity contribution in [3.05, 3.63) is 84.3 Å². The number of aryl methyl sites for hydroxylation is 1. The van der Waals surface area contributed by atoms with E-state index in [2.05, 4.69) is 9.72 Å². The highest BCUT2D eigenvalue weighted by Crippen LogP contribution is 2.48. The van der Waals surface area contributed by atoms with E-state index >= 15 is 0 Å². The van der Waals surface area contributed by atoms with E-state index in [9.17, 15) is 22.3 Å². The lowest BCUT2D eigenvalue weighted by Crippen LogP contribution is -2.25. The molecule has 10 nitrogen and oxygen atoms in total. The largest absolute Gasteiger partial charge is 0.586 e. The van der Waals surface area contributed by atoms with E-state index in [0.717, 1.165) is 12.8 Å². The summed E-state index contributed by atoms with van der Waals surface area (Å²) in [4.78, 5) is 21.3. The predicted octanol–water partition coefficient (Wildman–Crippen LogP) is 6.05. The molecule has 7 rings (SSSR count). The average Bonchev–Trinajstić information content (AvgIpc) is 3.48. The van der Waals surface area contributed by atoms with Crippen molar-refractivity contribution in [3.63, 3.8) is 0 Å². The predicted molar refractivity (Wildman–Crippen MR) is 150 cm³/mol. The summed E-state index contributed by atoms with van der Waals surface area (Å²) in [6.07, 6.45) is -0.466. The molecular weight excluding hydrogens is 582 g/mol. The molecule has 0 radical (unpaired) electrons. The first-order chi connectivity index (χ1) is 20.6. The van der Waals surface area contributed by atoms with Gasteiger partial charge in [0.2, 0.25) is 0 Å². The maximum atomic E-state index is 13.8. The highest BCUT2D eigenvalue weighted by Gasteiger charge is 2.43. The second-order valence-corrected chi connectivity index (χ2v) is 11.2. The van der Waals surface area contributed by atoms with Gasteiger partial charge in [-0.1, -0.05) is 18.2 Å². The van der Waals surface area contributed by atoms with Gasteiger partial charge < -0.3 is 28.7 Å². The molecule has 2 aromatic heterocycles. The van der Waals surface area contributed by atoms with E-state index in [0.29, 0.717) is 51.1 Å². The molecule has 43 heavy (non-hydrogen) atoms. The lowest BCUT2D eigenvalue weighted by molar-refractivity contribution is -0.286. The number of rotatable bonds is 7. The van der Waals surface area contributed by atoms with Gasteiger partial charge >= 0.3 is 6.29 Å². The fraction of sp³-hybridized carbons (Fsp3) is 0.167. The Balaban J connectivity index is 1.45. The number of nitrogens with two attached hydrogens (primary N) is 1. The quantitative estimate of drug-likeness (QED) is 0.214. The molecule has 1 aliphatic heterocycles. The monoisotopic (exact) mass is 604 g/mol. The lowest BCUT2D eigenvalue weighted by atomic mass is 9.98. The Bertz CT molecular complexity index is 1970. The molecule has 3 aromatic carbocycles. The third-order valence-corrected chi connectivity index (χ3v) is 7.91. The summed E-state index contributed by atoms with van der Waals surface area (Å²) in [6, 6.07) is 16.5. The molecule has 1 amide bonds. The Morgan fingerprint density at radius 3 is 2.49 bits per heavy atom. The van der Waals surface area contributed by atoms with E-state index in [1.807, 2.05) is 18.2 Å². The summed E-state index contributed by atoms with van der Waals surface area (Å²) in [7, 11) is 0. The summed E-state index contributed by atoms with van der Waals surface area (Å²) in [5.41, 5.74) is 8.96. The van der Waals surface area contributed by atoms with Gasteiger partial charge in [0.25, 0.3) is 5.91 Å². The zero-order valence-electron chi connectivity index (χ0n) is 22.4. The van der Waals surface area contributed by atoms with Crippen LogP contribution in [0.25, 0.3) is 39.4 Å². The summed E-state index contributed by atoms with van der Waals surface area (Å²) < 4.78 is 66.3. The maximum Gasteiger partial charge on any atom is 0.586 e. The van der Waals surface area contributed by atoms with Crippen molar-refractivity contribution in [1.29, 1.82) is 0 Å². The molecule has 2 aliphatic rings. The number of alkyl halides is 2. The number of benzene rings is 3. The Labute approximate surface area is 245 Å². The Morgan fingerprint density at radius 1 is 1.02 bits per heavy atom. The molecule has 1 atom stereocenters. The van der Waals surface area contributed by atoms with Crippen LogP contribution in [0.3, 0.4) is 0 Å². The summed E-state index contributed by atoms with van der Waals surface area (Å²) in [5, 5.41) is 0. The van der Waals surface area contributed by atoms with Crippen LogP contribution in [-0.4, -0.2) is 35.5 Å². The third kappa shape index (κ3) is 4.96. The van der Waals surface area contributed by atoms with Gasteiger partial charge in [-0.25, -0.2) is 14.2 Å². The van der Waals surface area contributed by atoms with Crippen LogP contribution in [0.4, 0.5) is 8.78 Å². The van der Waals surface area contributed by atoms with Crippen molar-refractivity contribution in [3.8, 4) is 50.9 Å². The molecular formula is C30H22F2N4O6S. The van der Waals surface area contributed by atoms with Crippen LogP contribution in [0.2, 0.25) is 0 Å². The van der Waals surface area contributed by atoms with Crippen molar-refractivity contribution in [2.24, 2.45) is 5.73 Å². The van der Waals surface area contributed by atoms with Crippen LogP contribution in [0.1, 0.15) is 41.0 Å². The highest BCUT2D eigenvalue weighted by atomic mass is 32.2. The first-order valence-corrected chi connectivity index (χ1v) is 14.3. The molecule has 1 saturated carbocycles. The van der Waals surface area contributed by atoms with Crippen molar-refractivity contribution in [2.75, 3.05) is 0 Å². The van der Waals surface area contributed by atoms with Gasteiger partial charge in [0.15, 0.2) is 34.2 Å². The minimum absolute atomic E-state index is 0.0707. The fourth-order valence-electron chi connectivity index (χ4n) is 5.04. The maximum absolute atomic E-state index is 13.8. The number of amides is 1. The number of aromatic nitrogens is 3. The summed E-state index contributed by atoms with van der Waals surface area (Å²) in [6.45, 7) is 1.72. The van der Waals surface area contributed by atoms with Crippen LogP contribution in [-0.2, 0) is 11.1 Å². The van der Waals surface area contributed by atoms with E-state index in [4.69, 9.17) is 19.9 Å². The highest BCUT2D eigenvalue weighted by molar-refractivity contribution is 7.79. The number of hydrogen-bond acceptors (Lipinski definition) is 7. The standard InChI is InChI=1S/C30H22F2N4O6S/c1-15-34-22(28(33)37)14-36(15)23-9-7-18(17-3-2-4-20(11-17)43(38)39)12-21(23)26-27(40-29(35-26)16-5-6-16)19-8-10-24-25(13-19)42-30(31,32)41-24/h2-4,7-14,16H,5-6H2,1H3,(H2,33,37)(H,38,39). The topological polar surface area (TPSA) is 143 Å². The molecule has 1 unspecified atom stereocenters. The number of carbonyl (C=O) groups is 1. The van der Waals surface area contributed by atoms with Gasteiger partial charge in [-0.15, -0.1) is 8.78 Å². The molecule has 1 fully saturated rings. The minimum atomic E-state index is -3.78. The normalized spacial score (nSPS) is 15.9. The first-order valence-electron chi connectivity index (χ1n) is 13.2. The van der Waals surface area contributed by atoms with E-state index in [1.165, 1.54) is 18.3 Å². The molecule has 3 N–H and O–H groups in total. The van der Waals surface area contributed by atoms with Crippen LogP contribution < -0.4 is 15.2 Å². The molecule has 0 saturated heterocycles. The number of ether oxygens (including phenoxy) is 2. The Hall–Kier alpha value is -4.88. The minimum Gasteiger partial charge on any atom is -0.440 e. The van der Waals surface area contributed by atoms with Crippen LogP contribution in [0.5, 0.6) is 11.5 Å². The molecule has 1 aliphatic carbocycles. The molecule has 218 valence electrons. The molecule has 5 aromatic rings. The fourth-order valence-corrected chi connectivity index (χ4v) is 5.47. The number of imidazole rings is 1. The van der Waals surface area contributed by atoms with Crippen molar-refractivity contribution >= 4 is 17.0 Å². The smallest absolute Gasteiger partial charge is 0.440 e. The van der Waals surface area contributed by atoms with Gasteiger partial charge in [0, 0.05) is 23.2 Å². The number of carbonyl (C=O) groups excluding carboxylic acids is 1. The van der Waals surface area contributed by atoms with Gasteiger partial charge in [-0.2, -0.15) is 0 Å². The van der Waals surface area contributed by atoms with Crippen molar-refractivity contribution < 1.29 is 36.2 Å². The van der Waals surface area contributed by atoms with Gasteiger partial charge in [0.1, 0.15) is 17.2 Å². The molecule has 3 heterocycles. The number of hydrogen-bond donors (Lipinski definition) is 2. The number of oxazole rings is 1. The van der Waals surface area contributed by atoms with Gasteiger partial charge in [0.05, 0.1) is 10.6 Å². The Kier molecular flexibility index (Phi) is 6.18. The van der Waals surface area contributed by atoms with Crippen molar-refractivity contribution in [1.82, 2.24) is 14.5 Å². The number of primary amides is 1. The summed E-state index contributed by atoms with van der Waals surface area (Å²) in [5.74, 6) is 0.487. The van der Waals surface area contributed by atoms with Gasteiger partial charge in [-0.05, 0) is 73.4 Å². The zero-order valence-corrected chi connectivity index (χ0v) is 23.2. The van der Waals surface area contributed by atoms with Gasteiger partial charge in [-0.3, -0.25) is 4.79 Å². The first kappa shape index (κ1) is 27.0. The molecule has 0 bridgehead atoms. The van der Waals surface area contributed by atoms with E-state index in [1.54, 1.807) is 41.8 Å². The number of nitrogens with zero attached hydrogens (tertiary/aromatic N) is 3. The lowest BCUT2D eigenvalue weighted by Gasteiger charge is -2.14. The SMILES string of the molecule is Cc1nc(C(N)=O)cn1-c1ccc(-c2cccc(S(=O)O)c2)cc1-c1nc(C2CC2)oc1-c1ccc2c(c1)OC(F)(F)O2. The second kappa shape index (κ2) is 9.85. The second-order valence-electron chi connectivity index (χ2n) is 10.2. The number of fused-ring (bicyclic) bond motifs is 1. The van der Waals surface area contributed by atoms with Crippen LogP contribution >= 0.6 is 0 Å².